The minimum absolute atomic E-state index is 0.263. The van der Waals surface area contributed by atoms with E-state index in [-0.39, 0.29) is 12.8 Å². The Morgan fingerprint density at radius 1 is 0.792 bits per heavy atom. The first kappa shape index (κ1) is 22.7. The van der Waals surface area contributed by atoms with Gasteiger partial charge in [-0.2, -0.15) is 0 Å². The molecule has 0 N–H and O–H groups in total. The van der Waals surface area contributed by atoms with Crippen LogP contribution in [0.5, 0.6) is 0 Å². The van der Waals surface area contributed by atoms with E-state index in [2.05, 4.69) is 9.47 Å². The van der Waals surface area contributed by atoms with Crippen LogP contribution in [0.4, 0.5) is 39.9 Å². The molecule has 0 spiro atoms. The zero-order valence-corrected chi connectivity index (χ0v) is 12.9. The van der Waals surface area contributed by atoms with E-state index in [9.17, 15) is 39.9 Å². The number of carbonyl (C=O) groups is 1. The molecule has 0 aromatic rings. The van der Waals surface area contributed by atoms with E-state index in [1.54, 1.807) is 0 Å². The molecule has 0 aliphatic heterocycles. The third kappa shape index (κ3) is 7.52. The molecule has 2 atom stereocenters. The van der Waals surface area contributed by atoms with Crippen LogP contribution in [0.1, 0.15) is 39.5 Å². The van der Waals surface area contributed by atoms with Gasteiger partial charge >= 0.3 is 30.9 Å². The van der Waals surface area contributed by atoms with Gasteiger partial charge < -0.3 is 9.47 Å². The summed E-state index contributed by atoms with van der Waals surface area (Å²) in [7, 11) is 0. The molecule has 0 aliphatic carbocycles. The molecule has 0 aliphatic rings. The quantitative estimate of drug-likeness (QED) is 0.386. The summed E-state index contributed by atoms with van der Waals surface area (Å²) in [5, 5.41) is 0. The van der Waals surface area contributed by atoms with E-state index in [1.807, 2.05) is 0 Å². The molecule has 0 fully saturated rings. The summed E-state index contributed by atoms with van der Waals surface area (Å²) in [4.78, 5) is 11.4. The van der Waals surface area contributed by atoms with Crippen molar-refractivity contribution in [2.45, 2.75) is 76.4 Å². The molecule has 24 heavy (non-hydrogen) atoms. The first-order valence-corrected chi connectivity index (χ1v) is 7.04. The third-order valence-electron chi connectivity index (χ3n) is 3.07. The molecule has 3 nitrogen and oxygen atoms in total. The highest BCUT2D eigenvalue weighted by Crippen LogP contribution is 2.31. The van der Waals surface area contributed by atoms with Crippen molar-refractivity contribution in [1.82, 2.24) is 0 Å². The van der Waals surface area contributed by atoms with E-state index in [0.717, 1.165) is 0 Å². The highest BCUT2D eigenvalue weighted by molar-refractivity contribution is 5.60. The van der Waals surface area contributed by atoms with Gasteiger partial charge in [0.1, 0.15) is 12.2 Å². The number of halogens is 8. The SMILES string of the molecule is CCC(CC(F)(F)C(F)F)OC(=O)OC(CC)CC(F)(F)C(F)F. The third-order valence-corrected chi connectivity index (χ3v) is 3.07. The summed E-state index contributed by atoms with van der Waals surface area (Å²) in [6.45, 7) is 2.53. The zero-order chi connectivity index (χ0) is 19.1. The van der Waals surface area contributed by atoms with Crippen molar-refractivity contribution >= 4 is 6.16 Å². The summed E-state index contributed by atoms with van der Waals surface area (Å²) in [5.41, 5.74) is 0. The lowest BCUT2D eigenvalue weighted by Gasteiger charge is -2.24. The first-order chi connectivity index (χ1) is 10.9. The molecular weight excluding hydrogens is 356 g/mol. The highest BCUT2D eigenvalue weighted by atomic mass is 19.3. The van der Waals surface area contributed by atoms with Crippen LogP contribution in [0.15, 0.2) is 0 Å². The Hall–Kier alpha value is -1.29. The second-order valence-corrected chi connectivity index (χ2v) is 5.08. The van der Waals surface area contributed by atoms with Gasteiger partial charge in [0.15, 0.2) is 0 Å². The highest BCUT2D eigenvalue weighted by Gasteiger charge is 2.45. The van der Waals surface area contributed by atoms with Gasteiger partial charge in [0.25, 0.3) is 0 Å². The topological polar surface area (TPSA) is 35.5 Å². The summed E-state index contributed by atoms with van der Waals surface area (Å²) >= 11 is 0. The van der Waals surface area contributed by atoms with Gasteiger partial charge in [0.2, 0.25) is 0 Å². The van der Waals surface area contributed by atoms with Crippen molar-refractivity contribution < 1.29 is 49.4 Å². The Kier molecular flexibility index (Phi) is 8.76. The van der Waals surface area contributed by atoms with Crippen molar-refractivity contribution in [2.75, 3.05) is 0 Å². The van der Waals surface area contributed by atoms with Crippen molar-refractivity contribution in [3.63, 3.8) is 0 Å². The average Bonchev–Trinajstić information content (AvgIpc) is 2.44. The lowest BCUT2D eigenvalue weighted by molar-refractivity contribution is -0.159. The number of hydrogen-bond acceptors (Lipinski definition) is 3. The van der Waals surface area contributed by atoms with Crippen molar-refractivity contribution in [1.29, 1.82) is 0 Å². The Morgan fingerprint density at radius 3 is 1.29 bits per heavy atom. The molecule has 0 rings (SSSR count). The Bertz CT molecular complexity index is 355. The molecule has 0 aromatic heterocycles. The summed E-state index contributed by atoms with van der Waals surface area (Å²) in [6, 6.07) is 0. The normalized spacial score (nSPS) is 15.5. The molecule has 0 saturated carbocycles. The molecule has 0 saturated heterocycles. The van der Waals surface area contributed by atoms with Crippen LogP contribution in [-0.2, 0) is 9.47 Å². The fraction of sp³-hybridized carbons (Fsp3) is 0.923. The molecular formula is C13H18F8O3. The number of carbonyl (C=O) groups excluding carboxylic acids is 1. The van der Waals surface area contributed by atoms with Gasteiger partial charge in [-0.05, 0) is 12.8 Å². The Balaban J connectivity index is 4.67. The number of ether oxygens (including phenoxy) is 2. The number of rotatable bonds is 10. The monoisotopic (exact) mass is 374 g/mol. The van der Waals surface area contributed by atoms with E-state index in [4.69, 9.17) is 0 Å². The maximum absolute atomic E-state index is 12.9. The van der Waals surface area contributed by atoms with Gasteiger partial charge in [0, 0.05) is 0 Å². The molecule has 0 heterocycles. The molecule has 0 bridgehead atoms. The van der Waals surface area contributed by atoms with Gasteiger partial charge in [-0.3, -0.25) is 0 Å². The fourth-order valence-corrected chi connectivity index (χ4v) is 1.62. The number of alkyl halides is 8. The largest absolute Gasteiger partial charge is 0.508 e. The summed E-state index contributed by atoms with van der Waals surface area (Å²) in [5.74, 6) is -8.82. The van der Waals surface area contributed by atoms with Crippen LogP contribution < -0.4 is 0 Å². The van der Waals surface area contributed by atoms with Crippen LogP contribution in [0, 0.1) is 0 Å². The molecule has 0 aromatic carbocycles. The van der Waals surface area contributed by atoms with Crippen LogP contribution in [-0.4, -0.2) is 43.1 Å². The van der Waals surface area contributed by atoms with E-state index in [1.165, 1.54) is 13.8 Å². The molecule has 2 unspecified atom stereocenters. The van der Waals surface area contributed by atoms with Crippen LogP contribution in [0.3, 0.4) is 0 Å². The van der Waals surface area contributed by atoms with Crippen LogP contribution in [0.25, 0.3) is 0 Å². The van der Waals surface area contributed by atoms with Crippen molar-refractivity contribution in [3.05, 3.63) is 0 Å². The molecule has 0 radical (unpaired) electrons. The minimum atomic E-state index is -4.41. The summed E-state index contributed by atoms with van der Waals surface area (Å²) in [6.07, 6.45) is -16.4. The maximum Gasteiger partial charge on any atom is 0.508 e. The standard InChI is InChI=1S/C13H18F8O3/c1-3-7(5-12(18,19)9(14)15)23-11(22)24-8(4-2)6-13(20,21)10(16)17/h7-10H,3-6H2,1-2H3. The second kappa shape index (κ2) is 9.26. The molecule has 144 valence electrons. The van der Waals surface area contributed by atoms with E-state index < -0.39 is 55.9 Å². The fourth-order valence-electron chi connectivity index (χ4n) is 1.62. The Morgan fingerprint density at radius 2 is 1.08 bits per heavy atom. The van der Waals surface area contributed by atoms with E-state index in [0.29, 0.717) is 0 Å². The van der Waals surface area contributed by atoms with Crippen LogP contribution in [0.2, 0.25) is 0 Å². The lowest BCUT2D eigenvalue weighted by atomic mass is 10.1. The minimum Gasteiger partial charge on any atom is -0.431 e. The van der Waals surface area contributed by atoms with E-state index >= 15 is 0 Å². The zero-order valence-electron chi connectivity index (χ0n) is 12.9. The van der Waals surface area contributed by atoms with Crippen molar-refractivity contribution in [2.24, 2.45) is 0 Å². The summed E-state index contributed by atoms with van der Waals surface area (Å²) < 4.78 is 109. The predicted octanol–water partition coefficient (Wildman–Crippen LogP) is 5.28. The molecule has 0 amide bonds. The number of hydrogen-bond donors (Lipinski definition) is 0. The average molecular weight is 374 g/mol. The van der Waals surface area contributed by atoms with Crippen LogP contribution >= 0.6 is 0 Å². The van der Waals surface area contributed by atoms with Gasteiger partial charge in [-0.1, -0.05) is 13.8 Å². The van der Waals surface area contributed by atoms with Gasteiger partial charge in [0.05, 0.1) is 12.8 Å². The smallest absolute Gasteiger partial charge is 0.431 e. The van der Waals surface area contributed by atoms with Gasteiger partial charge in [-0.15, -0.1) is 0 Å². The Labute approximate surface area is 133 Å². The van der Waals surface area contributed by atoms with Crippen molar-refractivity contribution in [3.8, 4) is 0 Å². The lowest BCUT2D eigenvalue weighted by Crippen LogP contribution is -2.36. The maximum atomic E-state index is 12.9. The first-order valence-electron chi connectivity index (χ1n) is 7.04. The van der Waals surface area contributed by atoms with Gasteiger partial charge in [-0.25, -0.2) is 39.9 Å². The molecule has 11 heteroatoms. The predicted molar refractivity (Wildman–Crippen MR) is 66.9 cm³/mol. The second-order valence-electron chi connectivity index (χ2n) is 5.08.